The fourth-order valence-corrected chi connectivity index (χ4v) is 5.61. The van der Waals surface area contributed by atoms with Gasteiger partial charge in [0.05, 0.1) is 12.7 Å². The predicted molar refractivity (Wildman–Crippen MR) is 122 cm³/mol. The van der Waals surface area contributed by atoms with E-state index in [4.69, 9.17) is 9.47 Å². The molecule has 1 N–H and O–H groups in total. The van der Waals surface area contributed by atoms with E-state index in [2.05, 4.69) is 47.1 Å². The number of hydrogen-bond donors (Lipinski definition) is 1. The molecule has 30 heavy (non-hydrogen) atoms. The summed E-state index contributed by atoms with van der Waals surface area (Å²) in [6.45, 7) is 6.20. The number of esters is 1. The molecule has 6 heteroatoms. The zero-order valence-electron chi connectivity index (χ0n) is 17.9. The summed E-state index contributed by atoms with van der Waals surface area (Å²) >= 11 is 1.64. The predicted octanol–water partition coefficient (Wildman–Crippen LogP) is 4.45. The maximum Gasteiger partial charge on any atom is 0.337 e. The van der Waals surface area contributed by atoms with E-state index >= 15 is 0 Å². The molecule has 1 aliphatic carbocycles. The number of likely N-dealkylation sites (tertiary alicyclic amines) is 1. The lowest BCUT2D eigenvalue weighted by Crippen LogP contribution is -2.33. The molecule has 4 rings (SSSR count). The summed E-state index contributed by atoms with van der Waals surface area (Å²) in [6, 6.07) is 16.1. The van der Waals surface area contributed by atoms with Crippen LogP contribution in [0.25, 0.3) is 0 Å². The first kappa shape index (κ1) is 21.1. The van der Waals surface area contributed by atoms with Gasteiger partial charge in [0.2, 0.25) is 0 Å². The van der Waals surface area contributed by atoms with Gasteiger partial charge in [0.1, 0.15) is 12.4 Å². The quantitative estimate of drug-likeness (QED) is 0.472. The van der Waals surface area contributed by atoms with Crippen molar-refractivity contribution in [2.24, 2.45) is 11.8 Å². The molecular weight excluding hydrogens is 396 g/mol. The van der Waals surface area contributed by atoms with E-state index in [1.165, 1.54) is 24.8 Å². The summed E-state index contributed by atoms with van der Waals surface area (Å²) in [5.74, 6) is 1.94. The molecule has 2 atom stereocenters. The van der Waals surface area contributed by atoms with Crippen molar-refractivity contribution < 1.29 is 14.3 Å². The molecule has 1 saturated heterocycles. The van der Waals surface area contributed by atoms with E-state index in [-0.39, 0.29) is 5.97 Å². The maximum absolute atomic E-state index is 11.5. The number of methoxy groups -OCH3 is 1. The molecule has 1 aliphatic heterocycles. The number of anilines is 1. The Morgan fingerprint density at radius 3 is 2.57 bits per heavy atom. The fourth-order valence-electron chi connectivity index (χ4n) is 5.24. The monoisotopic (exact) mass is 426 g/mol. The summed E-state index contributed by atoms with van der Waals surface area (Å²) in [6.07, 6.45) is 3.25. The number of rotatable bonds is 9. The van der Waals surface area contributed by atoms with Gasteiger partial charge in [-0.15, -0.1) is 0 Å². The van der Waals surface area contributed by atoms with Crippen LogP contribution in [0.4, 0.5) is 5.69 Å². The summed E-state index contributed by atoms with van der Waals surface area (Å²) in [7, 11) is 1.39. The average Bonchev–Trinajstić information content (AvgIpc) is 3.16. The Bertz CT molecular complexity index is 874. The molecule has 5 nitrogen and oxygen atoms in total. The van der Waals surface area contributed by atoms with Gasteiger partial charge >= 0.3 is 5.97 Å². The largest absolute Gasteiger partial charge is 0.492 e. The van der Waals surface area contributed by atoms with Gasteiger partial charge in [-0.2, -0.15) is 0 Å². The molecule has 0 bridgehead atoms. The second-order valence-corrected chi connectivity index (χ2v) is 8.73. The summed E-state index contributed by atoms with van der Waals surface area (Å²) in [5, 5.41) is 0. The van der Waals surface area contributed by atoms with Crippen molar-refractivity contribution in [3.8, 4) is 5.75 Å². The minimum Gasteiger partial charge on any atom is -0.492 e. The third-order valence-electron chi connectivity index (χ3n) is 6.77. The first-order valence-electron chi connectivity index (χ1n) is 10.6. The number of carbonyl (C=O) groups is 1. The number of fused-ring (bicyclic) bond motifs is 1. The number of nitrogens with one attached hydrogen (secondary N) is 1. The Hall–Kier alpha value is -2.18. The second-order valence-electron chi connectivity index (χ2n) is 8.12. The standard InChI is InChI=1S/C24H30N2O3S/c1-4-24(18-6-5-7-19(14-18)25-30-3)21-15-26(16-22(21)24)12-13-29-20-10-8-17(9-11-20)23(27)28-2/h5-11,14,21-22,25H,4,12-13,15-16H2,1-3H3. The lowest BCUT2D eigenvalue weighted by Gasteiger charge is -2.26. The molecule has 2 aromatic carbocycles. The molecule has 0 aromatic heterocycles. The van der Waals surface area contributed by atoms with Crippen LogP contribution in [0.3, 0.4) is 0 Å². The van der Waals surface area contributed by atoms with Gasteiger partial charge in [0.15, 0.2) is 0 Å². The Balaban J connectivity index is 1.28. The van der Waals surface area contributed by atoms with Crippen LogP contribution in [0.15, 0.2) is 48.5 Å². The number of benzene rings is 2. The van der Waals surface area contributed by atoms with Crippen LogP contribution < -0.4 is 9.46 Å². The highest BCUT2D eigenvalue weighted by atomic mass is 32.2. The van der Waals surface area contributed by atoms with Gasteiger partial charge in [0.25, 0.3) is 0 Å². The van der Waals surface area contributed by atoms with Crippen molar-refractivity contribution >= 4 is 23.6 Å². The molecule has 1 heterocycles. The van der Waals surface area contributed by atoms with Crippen molar-refractivity contribution in [1.82, 2.24) is 4.90 Å². The van der Waals surface area contributed by atoms with E-state index in [1.54, 1.807) is 24.1 Å². The van der Waals surface area contributed by atoms with E-state index in [9.17, 15) is 4.79 Å². The third-order valence-corrected chi connectivity index (χ3v) is 7.21. The van der Waals surface area contributed by atoms with E-state index < -0.39 is 0 Å². The number of nitrogens with zero attached hydrogens (tertiary/aromatic N) is 1. The molecule has 2 aliphatic rings. The first-order valence-corrected chi connectivity index (χ1v) is 11.8. The zero-order valence-corrected chi connectivity index (χ0v) is 18.7. The molecular formula is C24H30N2O3S. The minimum absolute atomic E-state index is 0.327. The molecule has 2 aromatic rings. The number of hydrogen-bond acceptors (Lipinski definition) is 6. The fraction of sp³-hybridized carbons (Fsp3) is 0.458. The number of carbonyl (C=O) groups excluding carboxylic acids is 1. The van der Waals surface area contributed by atoms with Gasteiger partial charge in [-0.25, -0.2) is 4.79 Å². The van der Waals surface area contributed by atoms with Crippen molar-refractivity contribution in [3.63, 3.8) is 0 Å². The lowest BCUT2D eigenvalue weighted by atomic mass is 9.87. The highest BCUT2D eigenvalue weighted by Gasteiger charge is 2.67. The number of ether oxygens (including phenoxy) is 2. The number of piperidine rings is 1. The van der Waals surface area contributed by atoms with Crippen LogP contribution in [-0.2, 0) is 10.2 Å². The van der Waals surface area contributed by atoms with Crippen molar-refractivity contribution in [2.45, 2.75) is 18.8 Å². The average molecular weight is 427 g/mol. The first-order chi connectivity index (χ1) is 14.6. The SMILES string of the molecule is CCC1(c2cccc(NSC)c2)C2CN(CCOc3ccc(C(=O)OC)cc3)CC21. The van der Waals surface area contributed by atoms with Crippen LogP contribution >= 0.6 is 11.9 Å². The maximum atomic E-state index is 11.5. The molecule has 2 unspecified atom stereocenters. The van der Waals surface area contributed by atoms with Crippen molar-refractivity contribution in [1.29, 1.82) is 0 Å². The zero-order chi connectivity index (χ0) is 21.1. The summed E-state index contributed by atoms with van der Waals surface area (Å²) in [4.78, 5) is 14.0. The Morgan fingerprint density at radius 2 is 1.93 bits per heavy atom. The second kappa shape index (κ2) is 8.90. The van der Waals surface area contributed by atoms with E-state index in [0.29, 0.717) is 17.6 Å². The molecule has 0 spiro atoms. The molecule has 160 valence electrons. The highest BCUT2D eigenvalue weighted by molar-refractivity contribution is 7.99. The van der Waals surface area contributed by atoms with Gasteiger partial charge in [-0.1, -0.05) is 31.0 Å². The van der Waals surface area contributed by atoms with Crippen LogP contribution in [0.2, 0.25) is 0 Å². The van der Waals surface area contributed by atoms with Crippen molar-refractivity contribution in [2.75, 3.05) is 44.3 Å². The normalized spacial score (nSPS) is 24.9. The third kappa shape index (κ3) is 3.91. The molecule has 0 radical (unpaired) electrons. The Morgan fingerprint density at radius 1 is 1.20 bits per heavy atom. The Kier molecular flexibility index (Phi) is 6.25. The minimum atomic E-state index is -0.327. The van der Waals surface area contributed by atoms with Gasteiger partial charge in [-0.3, -0.25) is 4.90 Å². The molecule has 2 fully saturated rings. The topological polar surface area (TPSA) is 50.8 Å². The lowest BCUT2D eigenvalue weighted by molar-refractivity contribution is 0.0600. The molecule has 1 saturated carbocycles. The van der Waals surface area contributed by atoms with Gasteiger partial charge in [-0.05, 0) is 60.2 Å². The van der Waals surface area contributed by atoms with Crippen molar-refractivity contribution in [3.05, 3.63) is 59.7 Å². The van der Waals surface area contributed by atoms with E-state index in [1.807, 2.05) is 12.1 Å². The molecule has 0 amide bonds. The smallest absolute Gasteiger partial charge is 0.337 e. The van der Waals surface area contributed by atoms with E-state index in [0.717, 1.165) is 37.2 Å². The van der Waals surface area contributed by atoms with Crippen LogP contribution in [0, 0.1) is 11.8 Å². The summed E-state index contributed by atoms with van der Waals surface area (Å²) < 4.78 is 14.0. The van der Waals surface area contributed by atoms with Gasteiger partial charge in [0, 0.05) is 37.0 Å². The highest BCUT2D eigenvalue weighted by Crippen LogP contribution is 2.65. The van der Waals surface area contributed by atoms with Crippen LogP contribution in [-0.4, -0.2) is 50.5 Å². The van der Waals surface area contributed by atoms with Crippen LogP contribution in [0.5, 0.6) is 5.75 Å². The van der Waals surface area contributed by atoms with Crippen LogP contribution in [0.1, 0.15) is 29.3 Å². The Labute approximate surface area is 183 Å². The summed E-state index contributed by atoms with van der Waals surface area (Å²) in [5.41, 5.74) is 3.57. The van der Waals surface area contributed by atoms with Gasteiger partial charge < -0.3 is 14.2 Å².